The van der Waals surface area contributed by atoms with Crippen molar-refractivity contribution in [1.82, 2.24) is 0 Å². The molecule has 0 aliphatic heterocycles. The molecule has 0 fully saturated rings. The van der Waals surface area contributed by atoms with Gasteiger partial charge in [-0.2, -0.15) is 15.8 Å². The number of aromatic carboxylic acids is 1. The van der Waals surface area contributed by atoms with Gasteiger partial charge in [0, 0.05) is 6.07 Å². The van der Waals surface area contributed by atoms with Crippen molar-refractivity contribution in [2.45, 2.75) is 0 Å². The average Bonchev–Trinajstić information content (AvgIpc) is 2.48. The predicted molar refractivity (Wildman–Crippen MR) is 72.5 cm³/mol. The van der Waals surface area contributed by atoms with Crippen LogP contribution in [-0.4, -0.2) is 18.2 Å². The number of carboxylic acids is 1. The van der Waals surface area contributed by atoms with Crippen molar-refractivity contribution < 1.29 is 14.6 Å². The van der Waals surface area contributed by atoms with Crippen LogP contribution in [0.4, 0.5) is 5.69 Å². The van der Waals surface area contributed by atoms with Crippen LogP contribution >= 0.6 is 11.6 Å². The molecule has 0 aromatic heterocycles. The van der Waals surface area contributed by atoms with E-state index >= 15 is 0 Å². The van der Waals surface area contributed by atoms with Crippen molar-refractivity contribution in [1.29, 1.82) is 15.8 Å². The molecule has 2 N–H and O–H groups in total. The van der Waals surface area contributed by atoms with Crippen LogP contribution in [0.5, 0.6) is 5.75 Å². The third kappa shape index (κ3) is 3.42. The first-order valence-corrected chi connectivity index (χ1v) is 5.68. The Bertz CT molecular complexity index is 734. The second-order valence-electron chi connectivity index (χ2n) is 3.55. The summed E-state index contributed by atoms with van der Waals surface area (Å²) in [6.45, 7) is 0. The molecule has 8 heteroatoms. The molecule has 1 aromatic carbocycles. The molecule has 0 unspecified atom stereocenters. The fraction of sp³-hybridized carbons (Fsp3) is 0.0769. The zero-order valence-corrected chi connectivity index (χ0v) is 11.4. The molecule has 1 rings (SSSR count). The van der Waals surface area contributed by atoms with Crippen LogP contribution in [0.15, 0.2) is 23.4 Å². The van der Waals surface area contributed by atoms with E-state index in [0.29, 0.717) is 0 Å². The minimum Gasteiger partial charge on any atom is -0.496 e. The molecule has 1 aromatic rings. The van der Waals surface area contributed by atoms with E-state index in [-0.39, 0.29) is 27.7 Å². The molecule has 0 saturated heterocycles. The highest BCUT2D eigenvalue weighted by Gasteiger charge is 2.16. The van der Waals surface area contributed by atoms with Gasteiger partial charge >= 0.3 is 5.97 Å². The van der Waals surface area contributed by atoms with E-state index in [9.17, 15) is 4.79 Å². The SMILES string of the molecule is COc1cc(NC(C#N)=C(C#N)C#N)c(Cl)cc1C(=O)O. The Balaban J connectivity index is 3.38. The van der Waals surface area contributed by atoms with Crippen molar-refractivity contribution >= 4 is 23.3 Å². The molecular formula is C13H7ClN4O3. The monoisotopic (exact) mass is 302 g/mol. The predicted octanol–water partition coefficient (Wildman–Crippen LogP) is 2.28. The maximum absolute atomic E-state index is 11.0. The quantitative estimate of drug-likeness (QED) is 0.816. The Morgan fingerprint density at radius 1 is 1.29 bits per heavy atom. The van der Waals surface area contributed by atoms with Crippen LogP contribution in [0.1, 0.15) is 10.4 Å². The van der Waals surface area contributed by atoms with E-state index in [0.717, 1.165) is 6.07 Å². The molecule has 0 amide bonds. The molecule has 0 bridgehead atoms. The Labute approximate surface area is 124 Å². The van der Waals surface area contributed by atoms with Gasteiger partial charge in [0.15, 0.2) is 5.57 Å². The Morgan fingerprint density at radius 2 is 1.90 bits per heavy atom. The highest BCUT2D eigenvalue weighted by Crippen LogP contribution is 2.32. The number of nitrogens with one attached hydrogen (secondary N) is 1. The Kier molecular flexibility index (Phi) is 5.14. The van der Waals surface area contributed by atoms with Crippen molar-refractivity contribution in [3.05, 3.63) is 34.0 Å². The van der Waals surface area contributed by atoms with Gasteiger partial charge in [-0.3, -0.25) is 0 Å². The molecule has 0 atom stereocenters. The molecule has 0 heterocycles. The molecular weight excluding hydrogens is 296 g/mol. The summed E-state index contributed by atoms with van der Waals surface area (Å²) in [5, 5.41) is 37.9. The van der Waals surface area contributed by atoms with Gasteiger partial charge < -0.3 is 15.2 Å². The lowest BCUT2D eigenvalue weighted by Gasteiger charge is -2.11. The van der Waals surface area contributed by atoms with Crippen LogP contribution in [0, 0.1) is 34.0 Å². The highest BCUT2D eigenvalue weighted by atomic mass is 35.5. The summed E-state index contributed by atoms with van der Waals surface area (Å²) >= 11 is 5.92. The largest absolute Gasteiger partial charge is 0.496 e. The molecule has 0 radical (unpaired) electrons. The first-order valence-electron chi connectivity index (χ1n) is 5.30. The van der Waals surface area contributed by atoms with Gasteiger partial charge in [0.25, 0.3) is 0 Å². The molecule has 0 saturated carbocycles. The molecule has 0 spiro atoms. The van der Waals surface area contributed by atoms with E-state index in [1.807, 2.05) is 0 Å². The normalized spacial score (nSPS) is 8.71. The highest BCUT2D eigenvalue weighted by molar-refractivity contribution is 6.33. The number of ether oxygens (including phenoxy) is 1. The number of hydrogen-bond acceptors (Lipinski definition) is 6. The number of allylic oxidation sites excluding steroid dienone is 2. The van der Waals surface area contributed by atoms with Crippen molar-refractivity contribution in [2.24, 2.45) is 0 Å². The Morgan fingerprint density at radius 3 is 2.33 bits per heavy atom. The minimum absolute atomic E-state index is 0.00354. The van der Waals surface area contributed by atoms with Gasteiger partial charge in [0.1, 0.15) is 35.2 Å². The van der Waals surface area contributed by atoms with Gasteiger partial charge in [-0.05, 0) is 6.07 Å². The number of carboxylic acid groups (broad SMARTS) is 1. The lowest BCUT2D eigenvalue weighted by molar-refractivity contribution is 0.0693. The van der Waals surface area contributed by atoms with Crippen LogP contribution in [0.2, 0.25) is 5.02 Å². The minimum atomic E-state index is -1.23. The summed E-state index contributed by atoms with van der Waals surface area (Å²) in [4.78, 5) is 11.0. The number of carbonyl (C=O) groups is 1. The number of nitriles is 3. The summed E-state index contributed by atoms with van der Waals surface area (Å²) in [7, 11) is 1.27. The zero-order valence-electron chi connectivity index (χ0n) is 10.6. The van der Waals surface area contributed by atoms with E-state index < -0.39 is 11.5 Å². The van der Waals surface area contributed by atoms with Crippen LogP contribution in [0.25, 0.3) is 0 Å². The van der Waals surface area contributed by atoms with Crippen molar-refractivity contribution in [3.8, 4) is 24.0 Å². The summed E-state index contributed by atoms with van der Waals surface area (Å²) < 4.78 is 4.92. The molecule has 21 heavy (non-hydrogen) atoms. The van der Waals surface area contributed by atoms with Crippen molar-refractivity contribution in [3.63, 3.8) is 0 Å². The molecule has 7 nitrogen and oxygen atoms in total. The summed E-state index contributed by atoms with van der Waals surface area (Å²) in [6, 6.07) is 7.19. The first kappa shape index (κ1) is 15.8. The van der Waals surface area contributed by atoms with E-state index in [1.54, 1.807) is 18.2 Å². The van der Waals surface area contributed by atoms with E-state index in [4.69, 9.17) is 37.2 Å². The van der Waals surface area contributed by atoms with Gasteiger partial charge in [-0.25, -0.2) is 4.79 Å². The van der Waals surface area contributed by atoms with Gasteiger partial charge in [-0.15, -0.1) is 0 Å². The van der Waals surface area contributed by atoms with Crippen molar-refractivity contribution in [2.75, 3.05) is 12.4 Å². The third-order valence-corrected chi connectivity index (χ3v) is 2.68. The number of benzene rings is 1. The fourth-order valence-electron chi connectivity index (χ4n) is 1.40. The maximum Gasteiger partial charge on any atom is 0.339 e. The maximum atomic E-state index is 11.0. The van der Waals surface area contributed by atoms with Crippen LogP contribution in [0.3, 0.4) is 0 Å². The third-order valence-electron chi connectivity index (χ3n) is 2.36. The van der Waals surface area contributed by atoms with Crippen LogP contribution < -0.4 is 10.1 Å². The van der Waals surface area contributed by atoms with Crippen LogP contribution in [-0.2, 0) is 0 Å². The number of anilines is 1. The molecule has 104 valence electrons. The topological polar surface area (TPSA) is 130 Å². The smallest absolute Gasteiger partial charge is 0.339 e. The number of halogens is 1. The lowest BCUT2D eigenvalue weighted by Crippen LogP contribution is -2.05. The lowest BCUT2D eigenvalue weighted by atomic mass is 10.1. The summed E-state index contributed by atoms with van der Waals surface area (Å²) in [5.41, 5.74) is -0.740. The molecule has 0 aliphatic carbocycles. The van der Waals surface area contributed by atoms with Gasteiger partial charge in [0.2, 0.25) is 0 Å². The van der Waals surface area contributed by atoms with Gasteiger partial charge in [0.05, 0.1) is 17.8 Å². The van der Waals surface area contributed by atoms with E-state index in [2.05, 4.69) is 5.32 Å². The zero-order chi connectivity index (χ0) is 16.0. The summed E-state index contributed by atoms with van der Waals surface area (Å²) in [6.07, 6.45) is 0. The fourth-order valence-corrected chi connectivity index (χ4v) is 1.61. The second kappa shape index (κ2) is 6.81. The number of rotatable bonds is 4. The Hall–Kier alpha value is -3.21. The number of methoxy groups -OCH3 is 1. The second-order valence-corrected chi connectivity index (χ2v) is 3.96. The number of hydrogen-bond donors (Lipinski definition) is 2. The average molecular weight is 303 g/mol. The van der Waals surface area contributed by atoms with E-state index in [1.165, 1.54) is 13.2 Å². The first-order chi connectivity index (χ1) is 9.98. The summed E-state index contributed by atoms with van der Waals surface area (Å²) in [5.74, 6) is -1.21. The number of nitrogens with zero attached hydrogens (tertiary/aromatic N) is 3. The standard InChI is InChI=1S/C13H7ClN4O3/c1-21-12-3-10(9(14)2-8(12)13(19)20)18-11(6-17)7(4-15)5-16/h2-3,18H,1H3,(H,19,20). The van der Waals surface area contributed by atoms with Gasteiger partial charge in [-0.1, -0.05) is 11.6 Å². The molecule has 0 aliphatic rings.